The van der Waals surface area contributed by atoms with Crippen molar-refractivity contribution < 1.29 is 27.2 Å². The van der Waals surface area contributed by atoms with Crippen molar-refractivity contribution in [1.29, 1.82) is 0 Å². The van der Waals surface area contributed by atoms with Crippen molar-refractivity contribution in [2.75, 3.05) is 37.7 Å². The van der Waals surface area contributed by atoms with E-state index in [2.05, 4.69) is 5.32 Å². The molecule has 2 amide bonds. The summed E-state index contributed by atoms with van der Waals surface area (Å²) in [6.45, 7) is 4.84. The molecule has 1 aromatic heterocycles. The Morgan fingerprint density at radius 3 is 2.61 bits per heavy atom. The van der Waals surface area contributed by atoms with Crippen molar-refractivity contribution in [2.24, 2.45) is 0 Å². The van der Waals surface area contributed by atoms with E-state index < -0.39 is 15.4 Å². The summed E-state index contributed by atoms with van der Waals surface area (Å²) in [4.78, 5) is 27.0. The minimum absolute atomic E-state index is 0.137. The van der Waals surface area contributed by atoms with Gasteiger partial charge in [-0.05, 0) is 49.7 Å². The number of fused-ring (bicyclic) bond motifs is 1. The van der Waals surface area contributed by atoms with E-state index in [4.69, 9.17) is 9.15 Å². The van der Waals surface area contributed by atoms with Gasteiger partial charge in [-0.2, -0.15) is 4.31 Å². The van der Waals surface area contributed by atoms with Gasteiger partial charge in [-0.15, -0.1) is 0 Å². The predicted octanol–water partition coefficient (Wildman–Crippen LogP) is 1.24. The van der Waals surface area contributed by atoms with Crippen molar-refractivity contribution in [3.8, 4) is 0 Å². The lowest BCUT2D eigenvalue weighted by atomic mass is 9.86. The lowest BCUT2D eigenvalue weighted by molar-refractivity contribution is -0.125. The first-order valence-electron chi connectivity index (χ1n) is 10.0. The Kier molecular flexibility index (Phi) is 5.63. The SMILES string of the molecule is CC1(C)C(=O)N(CC(=O)NCc2ccco2)c2ccc(S(=O)(=O)N3CCOCC3)cc21. The minimum atomic E-state index is -3.69. The van der Waals surface area contributed by atoms with Crippen molar-refractivity contribution in [3.05, 3.63) is 47.9 Å². The fourth-order valence-electron chi connectivity index (χ4n) is 3.86. The van der Waals surface area contributed by atoms with Gasteiger partial charge in [0.1, 0.15) is 12.3 Å². The van der Waals surface area contributed by atoms with Crippen molar-refractivity contribution in [1.82, 2.24) is 9.62 Å². The van der Waals surface area contributed by atoms with E-state index >= 15 is 0 Å². The number of anilines is 1. The number of morpholine rings is 1. The van der Waals surface area contributed by atoms with Crippen LogP contribution in [0.2, 0.25) is 0 Å². The number of sulfonamides is 1. The zero-order chi connectivity index (χ0) is 22.2. The van der Waals surface area contributed by atoms with Gasteiger partial charge in [-0.25, -0.2) is 8.42 Å². The van der Waals surface area contributed by atoms with E-state index in [1.807, 2.05) is 0 Å². The summed E-state index contributed by atoms with van der Waals surface area (Å²) >= 11 is 0. The van der Waals surface area contributed by atoms with Gasteiger partial charge in [0.25, 0.3) is 0 Å². The van der Waals surface area contributed by atoms with Gasteiger partial charge in [-0.3, -0.25) is 9.59 Å². The maximum atomic E-state index is 13.1. The molecule has 1 fully saturated rings. The topological polar surface area (TPSA) is 109 Å². The molecular weight excluding hydrogens is 422 g/mol. The molecule has 4 rings (SSSR count). The highest BCUT2D eigenvalue weighted by molar-refractivity contribution is 7.89. The van der Waals surface area contributed by atoms with Crippen LogP contribution in [0.4, 0.5) is 5.69 Å². The molecule has 0 aliphatic carbocycles. The zero-order valence-electron chi connectivity index (χ0n) is 17.5. The number of benzene rings is 1. The van der Waals surface area contributed by atoms with Crippen LogP contribution >= 0.6 is 0 Å². The molecule has 0 saturated carbocycles. The molecule has 0 radical (unpaired) electrons. The van der Waals surface area contributed by atoms with Crippen LogP contribution in [0.5, 0.6) is 0 Å². The molecule has 10 heteroatoms. The summed E-state index contributed by atoms with van der Waals surface area (Å²) in [6.07, 6.45) is 1.52. The fraction of sp³-hybridized carbons (Fsp3) is 0.429. The molecule has 1 saturated heterocycles. The van der Waals surface area contributed by atoms with Gasteiger partial charge in [0.15, 0.2) is 0 Å². The number of carbonyl (C=O) groups is 2. The third kappa shape index (κ3) is 3.98. The van der Waals surface area contributed by atoms with Gasteiger partial charge >= 0.3 is 0 Å². The molecule has 3 heterocycles. The van der Waals surface area contributed by atoms with Gasteiger partial charge < -0.3 is 19.4 Å². The second kappa shape index (κ2) is 8.10. The molecule has 0 bridgehead atoms. The largest absolute Gasteiger partial charge is 0.467 e. The number of furan rings is 1. The number of hydrogen-bond acceptors (Lipinski definition) is 6. The van der Waals surface area contributed by atoms with Gasteiger partial charge in [-0.1, -0.05) is 0 Å². The molecule has 1 aromatic carbocycles. The number of amides is 2. The molecule has 0 spiro atoms. The number of hydrogen-bond donors (Lipinski definition) is 1. The van der Waals surface area contributed by atoms with E-state index in [1.54, 1.807) is 38.1 Å². The standard InChI is InChI=1S/C21H25N3O6S/c1-21(2)17-12-16(31(27,28)23-7-10-29-11-8-23)5-6-18(17)24(20(21)26)14-19(25)22-13-15-4-3-9-30-15/h3-6,9,12H,7-8,10-11,13-14H2,1-2H3,(H,22,25). The summed E-state index contributed by atoms with van der Waals surface area (Å²) in [6, 6.07) is 8.13. The van der Waals surface area contributed by atoms with Crippen LogP contribution in [0.25, 0.3) is 0 Å². The normalized spacial score (nSPS) is 18.8. The molecule has 1 N–H and O–H groups in total. The number of carbonyl (C=O) groups excluding carboxylic acids is 2. The highest BCUT2D eigenvalue weighted by atomic mass is 32.2. The molecule has 0 unspecified atom stereocenters. The van der Waals surface area contributed by atoms with E-state index in [0.717, 1.165) is 0 Å². The summed E-state index contributed by atoms with van der Waals surface area (Å²) in [7, 11) is -3.69. The Balaban J connectivity index is 1.57. The third-order valence-corrected chi connectivity index (χ3v) is 7.56. The maximum absolute atomic E-state index is 13.1. The zero-order valence-corrected chi connectivity index (χ0v) is 18.3. The number of nitrogens with one attached hydrogen (secondary N) is 1. The summed E-state index contributed by atoms with van der Waals surface area (Å²) in [5.74, 6) is 0.0229. The Hall–Kier alpha value is -2.69. The number of ether oxygens (including phenoxy) is 1. The molecule has 0 atom stereocenters. The molecule has 2 aliphatic rings. The van der Waals surface area contributed by atoms with E-state index in [9.17, 15) is 18.0 Å². The first kappa shape index (κ1) is 21.5. The van der Waals surface area contributed by atoms with Crippen molar-refractivity contribution in [3.63, 3.8) is 0 Å². The summed E-state index contributed by atoms with van der Waals surface area (Å²) in [5, 5.41) is 2.73. The maximum Gasteiger partial charge on any atom is 0.243 e. The second-order valence-electron chi connectivity index (χ2n) is 8.07. The Bertz CT molecular complexity index is 1090. The molecule has 2 aliphatic heterocycles. The highest BCUT2D eigenvalue weighted by Crippen LogP contribution is 2.42. The molecule has 9 nitrogen and oxygen atoms in total. The minimum Gasteiger partial charge on any atom is -0.467 e. The van der Waals surface area contributed by atoms with Crippen LogP contribution < -0.4 is 10.2 Å². The average Bonchev–Trinajstić information content (AvgIpc) is 3.35. The molecule has 31 heavy (non-hydrogen) atoms. The van der Waals surface area contributed by atoms with Crippen LogP contribution in [-0.4, -0.2) is 57.4 Å². The van der Waals surface area contributed by atoms with E-state index in [-0.39, 0.29) is 29.8 Å². The number of rotatable bonds is 6. The predicted molar refractivity (Wildman–Crippen MR) is 112 cm³/mol. The molecular formula is C21H25N3O6S. The van der Waals surface area contributed by atoms with Crippen LogP contribution in [0.15, 0.2) is 45.9 Å². The van der Waals surface area contributed by atoms with Gasteiger partial charge in [0.2, 0.25) is 21.8 Å². The number of nitrogens with zero attached hydrogens (tertiary/aromatic N) is 2. The third-order valence-electron chi connectivity index (χ3n) is 5.66. The van der Waals surface area contributed by atoms with E-state index in [1.165, 1.54) is 21.5 Å². The quantitative estimate of drug-likeness (QED) is 0.714. The van der Waals surface area contributed by atoms with Gasteiger partial charge in [0, 0.05) is 18.8 Å². The van der Waals surface area contributed by atoms with Crippen molar-refractivity contribution in [2.45, 2.75) is 30.7 Å². The van der Waals surface area contributed by atoms with E-state index in [0.29, 0.717) is 43.3 Å². The molecule has 166 valence electrons. The first-order chi connectivity index (χ1) is 14.7. The van der Waals surface area contributed by atoms with Crippen LogP contribution in [0, 0.1) is 0 Å². The fourth-order valence-corrected chi connectivity index (χ4v) is 5.30. The lowest BCUT2D eigenvalue weighted by Crippen LogP contribution is -2.42. The molecule has 2 aromatic rings. The first-order valence-corrected chi connectivity index (χ1v) is 11.5. The smallest absolute Gasteiger partial charge is 0.243 e. The lowest BCUT2D eigenvalue weighted by Gasteiger charge is -2.26. The second-order valence-corrected chi connectivity index (χ2v) is 10.0. The van der Waals surface area contributed by atoms with Crippen LogP contribution in [0.3, 0.4) is 0 Å². The Labute approximate surface area is 181 Å². The van der Waals surface area contributed by atoms with Crippen molar-refractivity contribution >= 4 is 27.5 Å². The monoisotopic (exact) mass is 447 g/mol. The Morgan fingerprint density at radius 1 is 1.19 bits per heavy atom. The van der Waals surface area contributed by atoms with Crippen LogP contribution in [-0.2, 0) is 36.3 Å². The summed E-state index contributed by atoms with van der Waals surface area (Å²) < 4.78 is 37.9. The van der Waals surface area contributed by atoms with Crippen LogP contribution in [0.1, 0.15) is 25.2 Å². The van der Waals surface area contributed by atoms with Gasteiger partial charge in [0.05, 0.1) is 36.3 Å². The Morgan fingerprint density at radius 2 is 1.94 bits per heavy atom. The average molecular weight is 448 g/mol. The summed E-state index contributed by atoms with van der Waals surface area (Å²) in [5.41, 5.74) is 0.183. The highest BCUT2D eigenvalue weighted by Gasteiger charge is 2.45.